The van der Waals surface area contributed by atoms with Gasteiger partial charge in [-0.1, -0.05) is 51.3 Å². The van der Waals surface area contributed by atoms with Crippen LogP contribution < -0.4 is 10.6 Å². The highest BCUT2D eigenvalue weighted by Crippen LogP contribution is 2.19. The number of nitrogens with zero attached hydrogens (tertiary/aromatic N) is 2. The fourth-order valence-electron chi connectivity index (χ4n) is 4.11. The molecule has 2 N–H and O–H groups in total. The van der Waals surface area contributed by atoms with Crippen molar-refractivity contribution in [3.05, 3.63) is 46.5 Å². The molecule has 0 spiro atoms. The summed E-state index contributed by atoms with van der Waals surface area (Å²) in [7, 11) is 0. The van der Waals surface area contributed by atoms with Gasteiger partial charge in [0.15, 0.2) is 5.13 Å². The van der Waals surface area contributed by atoms with Crippen LogP contribution in [0, 0.1) is 12.8 Å². The first kappa shape index (κ1) is 24.9. The number of carbonyl (C=O) groups is 3. The Morgan fingerprint density at radius 1 is 1.12 bits per heavy atom. The number of aryl methyl sites for hydroxylation is 1. The van der Waals surface area contributed by atoms with E-state index in [0.29, 0.717) is 22.9 Å². The normalized spacial score (nSPS) is 14.2. The molecule has 1 saturated carbocycles. The lowest BCUT2D eigenvalue weighted by Gasteiger charge is -2.24. The minimum absolute atomic E-state index is 0.0305. The van der Waals surface area contributed by atoms with E-state index >= 15 is 0 Å². The maximum atomic E-state index is 13.1. The maximum absolute atomic E-state index is 13.1. The van der Waals surface area contributed by atoms with E-state index in [2.05, 4.69) is 15.6 Å². The second kappa shape index (κ2) is 11.9. The van der Waals surface area contributed by atoms with Crippen molar-refractivity contribution in [2.45, 2.75) is 65.3 Å². The van der Waals surface area contributed by atoms with Crippen LogP contribution in [0.3, 0.4) is 0 Å². The van der Waals surface area contributed by atoms with E-state index in [1.54, 1.807) is 16.3 Å². The van der Waals surface area contributed by atoms with Crippen LogP contribution in [0.4, 0.5) is 5.13 Å². The largest absolute Gasteiger partial charge is 0.353 e. The van der Waals surface area contributed by atoms with Crippen molar-refractivity contribution in [3.8, 4) is 0 Å². The summed E-state index contributed by atoms with van der Waals surface area (Å²) in [6, 6.07) is 7.66. The molecule has 0 saturated heterocycles. The van der Waals surface area contributed by atoms with E-state index < -0.39 is 0 Å². The summed E-state index contributed by atoms with van der Waals surface area (Å²) in [5.41, 5.74) is 2.12. The van der Waals surface area contributed by atoms with Crippen molar-refractivity contribution in [2.75, 3.05) is 18.4 Å². The summed E-state index contributed by atoms with van der Waals surface area (Å²) in [4.78, 5) is 44.1. The minimum Gasteiger partial charge on any atom is -0.353 e. The first-order valence-electron chi connectivity index (χ1n) is 11.7. The fraction of sp³-hybridized carbons (Fsp3) is 0.520. The lowest BCUT2D eigenvalue weighted by Crippen LogP contribution is -2.40. The van der Waals surface area contributed by atoms with Gasteiger partial charge in [0.2, 0.25) is 11.8 Å². The molecule has 3 amide bonds. The molecule has 0 unspecified atom stereocenters. The summed E-state index contributed by atoms with van der Waals surface area (Å²) >= 11 is 1.29. The SMILES string of the molecule is Cc1ccccc1C(=O)N(CC(=O)Nc1nc(CC(=O)NC2CCCCC2)cs1)CC(C)C. The van der Waals surface area contributed by atoms with Gasteiger partial charge in [-0.05, 0) is 37.3 Å². The number of rotatable bonds is 9. The van der Waals surface area contributed by atoms with Gasteiger partial charge in [0.1, 0.15) is 6.54 Å². The van der Waals surface area contributed by atoms with Crippen LogP contribution >= 0.6 is 11.3 Å². The number of carbonyl (C=O) groups excluding carboxylic acids is 3. The Kier molecular flexibility index (Phi) is 9.00. The zero-order chi connectivity index (χ0) is 23.8. The molecule has 0 aliphatic heterocycles. The second-order valence-corrected chi connectivity index (χ2v) is 10.0. The molecule has 2 aromatic rings. The van der Waals surface area contributed by atoms with E-state index in [1.807, 2.05) is 39.0 Å². The van der Waals surface area contributed by atoms with Gasteiger partial charge < -0.3 is 15.5 Å². The predicted molar refractivity (Wildman–Crippen MR) is 131 cm³/mol. The lowest BCUT2D eigenvalue weighted by molar-refractivity contribution is -0.121. The zero-order valence-electron chi connectivity index (χ0n) is 19.7. The van der Waals surface area contributed by atoms with E-state index in [-0.39, 0.29) is 42.6 Å². The molecule has 7 nitrogen and oxygen atoms in total. The highest BCUT2D eigenvalue weighted by atomic mass is 32.1. The Morgan fingerprint density at radius 3 is 2.55 bits per heavy atom. The Labute approximate surface area is 200 Å². The van der Waals surface area contributed by atoms with E-state index in [1.165, 1.54) is 17.8 Å². The van der Waals surface area contributed by atoms with Crippen LogP contribution in [-0.2, 0) is 16.0 Å². The Balaban J connectivity index is 1.56. The van der Waals surface area contributed by atoms with Gasteiger partial charge in [-0.2, -0.15) is 0 Å². The van der Waals surface area contributed by atoms with Crippen molar-refractivity contribution in [1.29, 1.82) is 0 Å². The molecule has 33 heavy (non-hydrogen) atoms. The summed E-state index contributed by atoms with van der Waals surface area (Å²) in [6.07, 6.45) is 5.85. The Hall–Kier alpha value is -2.74. The number of amides is 3. The minimum atomic E-state index is -0.301. The topological polar surface area (TPSA) is 91.4 Å². The number of anilines is 1. The molecule has 0 atom stereocenters. The first-order valence-corrected chi connectivity index (χ1v) is 12.6. The van der Waals surface area contributed by atoms with Gasteiger partial charge in [0.25, 0.3) is 5.91 Å². The zero-order valence-corrected chi connectivity index (χ0v) is 20.5. The van der Waals surface area contributed by atoms with Crippen molar-refractivity contribution >= 4 is 34.2 Å². The molecule has 0 radical (unpaired) electrons. The van der Waals surface area contributed by atoms with Crippen LogP contribution in [-0.4, -0.2) is 46.7 Å². The van der Waals surface area contributed by atoms with Crippen LogP contribution in [0.25, 0.3) is 0 Å². The third-order valence-corrected chi connectivity index (χ3v) is 6.50. The molecule has 1 aliphatic rings. The third-order valence-electron chi connectivity index (χ3n) is 5.69. The molecule has 1 aromatic heterocycles. The highest BCUT2D eigenvalue weighted by Gasteiger charge is 2.22. The first-order chi connectivity index (χ1) is 15.8. The van der Waals surface area contributed by atoms with Crippen molar-refractivity contribution in [1.82, 2.24) is 15.2 Å². The molecule has 1 fully saturated rings. The second-order valence-electron chi connectivity index (χ2n) is 9.17. The number of thiazole rings is 1. The molecular formula is C25H34N4O3S. The summed E-state index contributed by atoms with van der Waals surface area (Å²) < 4.78 is 0. The number of benzene rings is 1. The van der Waals surface area contributed by atoms with Gasteiger partial charge in [-0.15, -0.1) is 11.3 Å². The molecule has 3 rings (SSSR count). The van der Waals surface area contributed by atoms with Crippen LogP contribution in [0.2, 0.25) is 0 Å². The van der Waals surface area contributed by atoms with Crippen LogP contribution in [0.5, 0.6) is 0 Å². The molecule has 1 aromatic carbocycles. The molecule has 1 aliphatic carbocycles. The van der Waals surface area contributed by atoms with Crippen molar-refractivity contribution < 1.29 is 14.4 Å². The average Bonchev–Trinajstić information content (AvgIpc) is 3.19. The van der Waals surface area contributed by atoms with Gasteiger partial charge >= 0.3 is 0 Å². The Bertz CT molecular complexity index is 966. The number of nitrogens with one attached hydrogen (secondary N) is 2. The molecule has 0 bridgehead atoms. The number of aromatic nitrogens is 1. The number of hydrogen-bond donors (Lipinski definition) is 2. The van der Waals surface area contributed by atoms with Crippen molar-refractivity contribution in [2.24, 2.45) is 5.92 Å². The van der Waals surface area contributed by atoms with Gasteiger partial charge in [-0.25, -0.2) is 4.98 Å². The third kappa shape index (κ3) is 7.67. The van der Waals surface area contributed by atoms with E-state index in [9.17, 15) is 14.4 Å². The van der Waals surface area contributed by atoms with Crippen LogP contribution in [0.1, 0.15) is 67.6 Å². The van der Waals surface area contributed by atoms with Gasteiger partial charge in [-0.3, -0.25) is 14.4 Å². The maximum Gasteiger partial charge on any atom is 0.254 e. The smallest absolute Gasteiger partial charge is 0.254 e. The van der Waals surface area contributed by atoms with Gasteiger partial charge in [0, 0.05) is 23.5 Å². The van der Waals surface area contributed by atoms with E-state index in [4.69, 9.17) is 0 Å². The fourth-order valence-corrected chi connectivity index (χ4v) is 4.84. The molecule has 8 heteroatoms. The van der Waals surface area contributed by atoms with Crippen LogP contribution in [0.15, 0.2) is 29.6 Å². The molecular weight excluding hydrogens is 436 g/mol. The lowest BCUT2D eigenvalue weighted by atomic mass is 9.95. The number of hydrogen-bond acceptors (Lipinski definition) is 5. The summed E-state index contributed by atoms with van der Waals surface area (Å²) in [5, 5.41) is 8.10. The molecule has 1 heterocycles. The van der Waals surface area contributed by atoms with Crippen molar-refractivity contribution in [3.63, 3.8) is 0 Å². The summed E-state index contributed by atoms with van der Waals surface area (Å²) in [5.74, 6) is -0.266. The quantitative estimate of drug-likeness (QED) is 0.575. The monoisotopic (exact) mass is 470 g/mol. The average molecular weight is 471 g/mol. The predicted octanol–water partition coefficient (Wildman–Crippen LogP) is 4.18. The highest BCUT2D eigenvalue weighted by molar-refractivity contribution is 7.13. The molecule has 178 valence electrons. The Morgan fingerprint density at radius 2 is 1.85 bits per heavy atom. The standard InChI is InChI=1S/C25H34N4O3S/c1-17(2)14-29(24(32)21-12-8-7-9-18(21)3)15-23(31)28-25-27-20(16-33-25)13-22(30)26-19-10-5-4-6-11-19/h7-9,12,16-17,19H,4-6,10-11,13-15H2,1-3H3,(H,26,30)(H,27,28,31). The van der Waals surface area contributed by atoms with E-state index in [0.717, 1.165) is 31.2 Å². The van der Waals surface area contributed by atoms with Gasteiger partial charge in [0.05, 0.1) is 12.1 Å². The summed E-state index contributed by atoms with van der Waals surface area (Å²) in [6.45, 7) is 6.35.